The highest BCUT2D eigenvalue weighted by Gasteiger charge is 1.96. The van der Waals surface area contributed by atoms with Crippen LogP contribution < -0.4 is 11.5 Å². The third-order valence-corrected chi connectivity index (χ3v) is 0.829. The minimum atomic E-state index is 0. The van der Waals surface area contributed by atoms with Gasteiger partial charge in [0.25, 0.3) is 0 Å². The summed E-state index contributed by atoms with van der Waals surface area (Å²) in [4.78, 5) is 0. The summed E-state index contributed by atoms with van der Waals surface area (Å²) in [7, 11) is 0. The zero-order valence-electron chi connectivity index (χ0n) is 5.13. The van der Waals surface area contributed by atoms with Gasteiger partial charge in [-0.25, -0.2) is 0 Å². The van der Waals surface area contributed by atoms with E-state index in [0.29, 0.717) is 0 Å². The first-order valence-corrected chi connectivity index (χ1v) is 2.15. The number of hydrogen-bond acceptors (Lipinski definition) is 2. The molecule has 0 rings (SSSR count). The molecule has 0 saturated carbocycles. The van der Waals surface area contributed by atoms with Crippen LogP contribution in [0.3, 0.4) is 0 Å². The predicted molar refractivity (Wildman–Crippen MR) is 41.8 cm³/mol. The monoisotopic (exact) mass is 160 g/mol. The first-order valence-electron chi connectivity index (χ1n) is 2.15. The summed E-state index contributed by atoms with van der Waals surface area (Å²) in [5.74, 6) is 0. The summed E-state index contributed by atoms with van der Waals surface area (Å²) in [5.41, 5.74) is 10.6. The Bertz CT molecular complexity index is 33.0. The summed E-state index contributed by atoms with van der Waals surface area (Å²) >= 11 is 0. The fraction of sp³-hybridized carbons (Fsp3) is 1.00. The molecular weight excluding hydrogens is 147 g/mol. The molecule has 0 bridgehead atoms. The van der Waals surface area contributed by atoms with Gasteiger partial charge in [-0.3, -0.25) is 0 Å². The van der Waals surface area contributed by atoms with Crippen LogP contribution in [-0.4, -0.2) is 12.1 Å². The lowest BCUT2D eigenvalue weighted by Crippen LogP contribution is -2.35. The quantitative estimate of drug-likeness (QED) is 0.589. The van der Waals surface area contributed by atoms with Crippen molar-refractivity contribution in [2.75, 3.05) is 0 Å². The van der Waals surface area contributed by atoms with Crippen molar-refractivity contribution in [1.82, 2.24) is 0 Å². The van der Waals surface area contributed by atoms with Crippen molar-refractivity contribution >= 4 is 24.8 Å². The Labute approximate surface area is 62.8 Å². The molecule has 0 amide bonds. The third kappa shape index (κ3) is 9.71. The molecule has 0 unspecified atom stereocenters. The van der Waals surface area contributed by atoms with Gasteiger partial charge in [-0.15, -0.1) is 24.8 Å². The van der Waals surface area contributed by atoms with Crippen molar-refractivity contribution in [3.8, 4) is 0 Å². The van der Waals surface area contributed by atoms with Gasteiger partial charge in [0.15, 0.2) is 0 Å². The van der Waals surface area contributed by atoms with Crippen molar-refractivity contribution in [3.63, 3.8) is 0 Å². The first-order chi connectivity index (χ1) is 2.64. The van der Waals surface area contributed by atoms with Crippen LogP contribution in [0.2, 0.25) is 0 Å². The van der Waals surface area contributed by atoms with Crippen LogP contribution in [0.1, 0.15) is 13.8 Å². The van der Waals surface area contributed by atoms with Gasteiger partial charge >= 0.3 is 0 Å². The summed E-state index contributed by atoms with van der Waals surface area (Å²) in [6.45, 7) is 3.79. The molecule has 0 aliphatic rings. The lowest BCUT2D eigenvalue weighted by Gasteiger charge is -2.06. The Hall–Kier alpha value is 0.500. The molecule has 8 heavy (non-hydrogen) atoms. The molecule has 0 aliphatic heterocycles. The lowest BCUT2D eigenvalue weighted by molar-refractivity contribution is 0.603. The Morgan fingerprint density at radius 2 is 1.00 bits per heavy atom. The molecule has 0 radical (unpaired) electrons. The maximum atomic E-state index is 5.31. The fourth-order valence-corrected chi connectivity index (χ4v) is 0. The van der Waals surface area contributed by atoms with Crippen LogP contribution in [-0.2, 0) is 0 Å². The Morgan fingerprint density at radius 3 is 1.00 bits per heavy atom. The molecule has 4 heteroatoms. The van der Waals surface area contributed by atoms with E-state index in [9.17, 15) is 0 Å². The van der Waals surface area contributed by atoms with Gasteiger partial charge in [-0.05, 0) is 13.8 Å². The topological polar surface area (TPSA) is 52.0 Å². The van der Waals surface area contributed by atoms with Gasteiger partial charge in [0.05, 0.1) is 0 Å². The van der Waals surface area contributed by atoms with Crippen LogP contribution in [0, 0.1) is 0 Å². The van der Waals surface area contributed by atoms with Crippen molar-refractivity contribution in [2.45, 2.75) is 25.9 Å². The highest BCUT2D eigenvalue weighted by Crippen LogP contribution is 1.77. The maximum Gasteiger partial charge on any atom is 0.0160 e. The SMILES string of the molecule is C[C@H](N)[C@@H](C)N.Cl.Cl. The summed E-state index contributed by atoms with van der Waals surface area (Å²) in [6, 6.07) is 0.259. The van der Waals surface area contributed by atoms with E-state index in [1.165, 1.54) is 0 Å². The van der Waals surface area contributed by atoms with Crippen molar-refractivity contribution < 1.29 is 0 Å². The van der Waals surface area contributed by atoms with Crippen LogP contribution in [0.25, 0.3) is 0 Å². The summed E-state index contributed by atoms with van der Waals surface area (Å²) in [6.07, 6.45) is 0. The van der Waals surface area contributed by atoms with E-state index in [0.717, 1.165) is 0 Å². The van der Waals surface area contributed by atoms with E-state index in [1.54, 1.807) is 0 Å². The zero-order chi connectivity index (χ0) is 5.15. The van der Waals surface area contributed by atoms with E-state index < -0.39 is 0 Å². The zero-order valence-corrected chi connectivity index (χ0v) is 6.76. The molecule has 0 saturated heterocycles. The molecule has 0 aromatic heterocycles. The second-order valence-corrected chi connectivity index (χ2v) is 1.72. The van der Waals surface area contributed by atoms with Crippen LogP contribution in [0.5, 0.6) is 0 Å². The molecule has 4 N–H and O–H groups in total. The molecule has 2 atom stereocenters. The minimum absolute atomic E-state index is 0. The fourth-order valence-electron chi connectivity index (χ4n) is 0. The average molecular weight is 161 g/mol. The van der Waals surface area contributed by atoms with Crippen LogP contribution >= 0.6 is 24.8 Å². The molecular formula is C4H14Cl2N2. The largest absolute Gasteiger partial charge is 0.327 e. The van der Waals surface area contributed by atoms with Gasteiger partial charge in [0.2, 0.25) is 0 Å². The van der Waals surface area contributed by atoms with Crippen molar-refractivity contribution in [2.24, 2.45) is 11.5 Å². The second kappa shape index (κ2) is 7.50. The van der Waals surface area contributed by atoms with E-state index in [-0.39, 0.29) is 36.9 Å². The molecule has 0 heterocycles. The standard InChI is InChI=1S/C4H12N2.2ClH/c1-3(5)4(2)6;;/h3-4H,5-6H2,1-2H3;2*1H/t3-,4+;;. The van der Waals surface area contributed by atoms with Gasteiger partial charge < -0.3 is 11.5 Å². The molecule has 0 aliphatic carbocycles. The number of nitrogens with two attached hydrogens (primary N) is 2. The lowest BCUT2D eigenvalue weighted by atomic mass is 10.2. The Kier molecular flexibility index (Phi) is 14.8. The number of halogens is 2. The summed E-state index contributed by atoms with van der Waals surface area (Å²) in [5, 5.41) is 0. The average Bonchev–Trinajstić information content (AvgIpc) is 1.36. The molecule has 0 fully saturated rings. The van der Waals surface area contributed by atoms with Crippen molar-refractivity contribution in [1.29, 1.82) is 0 Å². The Morgan fingerprint density at radius 1 is 0.875 bits per heavy atom. The van der Waals surface area contributed by atoms with E-state index in [2.05, 4.69) is 0 Å². The number of rotatable bonds is 1. The van der Waals surface area contributed by atoms with Crippen LogP contribution in [0.4, 0.5) is 0 Å². The van der Waals surface area contributed by atoms with E-state index in [1.807, 2.05) is 13.8 Å². The van der Waals surface area contributed by atoms with Crippen molar-refractivity contribution in [3.05, 3.63) is 0 Å². The normalized spacial score (nSPS) is 15.0. The highest BCUT2D eigenvalue weighted by atomic mass is 35.5. The third-order valence-electron chi connectivity index (χ3n) is 0.829. The smallest absolute Gasteiger partial charge is 0.0160 e. The molecule has 0 aromatic rings. The molecule has 0 aromatic carbocycles. The van der Waals surface area contributed by atoms with Crippen LogP contribution in [0.15, 0.2) is 0 Å². The Balaban J connectivity index is -0.000000125. The van der Waals surface area contributed by atoms with Gasteiger partial charge in [0, 0.05) is 12.1 Å². The van der Waals surface area contributed by atoms with Gasteiger partial charge in [-0.2, -0.15) is 0 Å². The maximum absolute atomic E-state index is 5.31. The molecule has 2 nitrogen and oxygen atoms in total. The van der Waals surface area contributed by atoms with E-state index in [4.69, 9.17) is 11.5 Å². The number of hydrogen-bond donors (Lipinski definition) is 2. The second-order valence-electron chi connectivity index (χ2n) is 1.72. The first kappa shape index (κ1) is 15.8. The minimum Gasteiger partial charge on any atom is -0.327 e. The molecule has 54 valence electrons. The predicted octanol–water partition coefficient (Wildman–Crippen LogP) is 0.524. The van der Waals surface area contributed by atoms with Gasteiger partial charge in [-0.1, -0.05) is 0 Å². The van der Waals surface area contributed by atoms with E-state index >= 15 is 0 Å². The van der Waals surface area contributed by atoms with Gasteiger partial charge in [0.1, 0.15) is 0 Å². The highest BCUT2D eigenvalue weighted by molar-refractivity contribution is 5.85. The molecule has 0 spiro atoms. The summed E-state index contributed by atoms with van der Waals surface area (Å²) < 4.78 is 0.